The SMILES string of the molecule is CC1CCC(C(C)C)C(NC(=O)c2cnn(C)c2)C1. The van der Waals surface area contributed by atoms with Gasteiger partial charge in [0.15, 0.2) is 0 Å². The van der Waals surface area contributed by atoms with Crippen molar-refractivity contribution in [2.45, 2.75) is 46.1 Å². The van der Waals surface area contributed by atoms with Gasteiger partial charge in [-0.05, 0) is 30.6 Å². The molecule has 3 atom stereocenters. The quantitative estimate of drug-likeness (QED) is 0.911. The molecule has 4 nitrogen and oxygen atoms in total. The first-order valence-corrected chi connectivity index (χ1v) is 7.27. The van der Waals surface area contributed by atoms with Crippen LogP contribution in [0, 0.1) is 17.8 Å². The third-order valence-electron chi connectivity index (χ3n) is 4.31. The molecule has 19 heavy (non-hydrogen) atoms. The van der Waals surface area contributed by atoms with Gasteiger partial charge in [-0.25, -0.2) is 0 Å². The molecule has 4 heteroatoms. The molecule has 1 saturated carbocycles. The summed E-state index contributed by atoms with van der Waals surface area (Å²) in [7, 11) is 1.83. The van der Waals surface area contributed by atoms with E-state index in [9.17, 15) is 4.79 Å². The fourth-order valence-corrected chi connectivity index (χ4v) is 3.16. The van der Waals surface area contributed by atoms with Crippen molar-refractivity contribution in [2.75, 3.05) is 0 Å². The Kier molecular flexibility index (Phi) is 4.27. The average Bonchev–Trinajstić information content (AvgIpc) is 2.75. The standard InChI is InChI=1S/C15H25N3O/c1-10(2)13-6-5-11(3)7-14(13)17-15(19)12-8-16-18(4)9-12/h8-11,13-14H,5-7H2,1-4H3,(H,17,19). The highest BCUT2D eigenvalue weighted by molar-refractivity contribution is 5.93. The minimum Gasteiger partial charge on any atom is -0.349 e. The number of hydrogen-bond acceptors (Lipinski definition) is 2. The van der Waals surface area contributed by atoms with Crippen molar-refractivity contribution < 1.29 is 4.79 Å². The van der Waals surface area contributed by atoms with Gasteiger partial charge >= 0.3 is 0 Å². The molecule has 1 aliphatic carbocycles. The van der Waals surface area contributed by atoms with E-state index < -0.39 is 0 Å². The van der Waals surface area contributed by atoms with Crippen molar-refractivity contribution in [2.24, 2.45) is 24.8 Å². The van der Waals surface area contributed by atoms with Gasteiger partial charge in [0.05, 0.1) is 11.8 Å². The Hall–Kier alpha value is -1.32. The lowest BCUT2D eigenvalue weighted by Gasteiger charge is -2.37. The minimum absolute atomic E-state index is 0.0119. The Morgan fingerprint density at radius 3 is 2.79 bits per heavy atom. The van der Waals surface area contributed by atoms with Gasteiger partial charge in [-0.15, -0.1) is 0 Å². The van der Waals surface area contributed by atoms with Crippen LogP contribution in [0.4, 0.5) is 0 Å². The first-order chi connectivity index (χ1) is 8.97. The average molecular weight is 263 g/mol. The van der Waals surface area contributed by atoms with E-state index in [2.05, 4.69) is 31.2 Å². The predicted octanol–water partition coefficient (Wildman–Crippen LogP) is 2.61. The van der Waals surface area contributed by atoms with Gasteiger partial charge in [0, 0.05) is 19.3 Å². The Labute approximate surface area is 115 Å². The van der Waals surface area contributed by atoms with Gasteiger partial charge in [0.2, 0.25) is 0 Å². The maximum atomic E-state index is 12.2. The molecule has 0 bridgehead atoms. The Morgan fingerprint density at radius 2 is 2.21 bits per heavy atom. The zero-order chi connectivity index (χ0) is 14.0. The van der Waals surface area contributed by atoms with Crippen molar-refractivity contribution in [3.63, 3.8) is 0 Å². The van der Waals surface area contributed by atoms with Crippen molar-refractivity contribution >= 4 is 5.91 Å². The van der Waals surface area contributed by atoms with E-state index in [1.807, 2.05) is 7.05 Å². The Balaban J connectivity index is 2.04. The molecule has 1 aromatic rings. The van der Waals surface area contributed by atoms with Gasteiger partial charge in [0.25, 0.3) is 5.91 Å². The summed E-state index contributed by atoms with van der Waals surface area (Å²) in [5, 5.41) is 7.27. The monoisotopic (exact) mass is 263 g/mol. The second kappa shape index (κ2) is 5.76. The van der Waals surface area contributed by atoms with Crippen LogP contribution in [-0.2, 0) is 7.05 Å². The highest BCUT2D eigenvalue weighted by Crippen LogP contribution is 2.33. The van der Waals surface area contributed by atoms with E-state index >= 15 is 0 Å². The number of rotatable bonds is 3. The summed E-state index contributed by atoms with van der Waals surface area (Å²) in [5.74, 6) is 1.93. The van der Waals surface area contributed by atoms with Crippen molar-refractivity contribution in [1.29, 1.82) is 0 Å². The van der Waals surface area contributed by atoms with Crippen LogP contribution in [0.1, 0.15) is 50.4 Å². The van der Waals surface area contributed by atoms with Gasteiger partial charge < -0.3 is 5.32 Å². The highest BCUT2D eigenvalue weighted by Gasteiger charge is 2.31. The number of aromatic nitrogens is 2. The first kappa shape index (κ1) is 14.1. The number of nitrogens with zero attached hydrogens (tertiary/aromatic N) is 2. The van der Waals surface area contributed by atoms with Crippen LogP contribution >= 0.6 is 0 Å². The molecule has 2 rings (SSSR count). The molecule has 1 aliphatic rings. The predicted molar refractivity (Wildman–Crippen MR) is 75.8 cm³/mol. The lowest BCUT2D eigenvalue weighted by molar-refractivity contribution is 0.0868. The van der Waals surface area contributed by atoms with Gasteiger partial charge in [0.1, 0.15) is 0 Å². The smallest absolute Gasteiger partial charge is 0.254 e. The van der Waals surface area contributed by atoms with E-state index in [1.165, 1.54) is 12.8 Å². The van der Waals surface area contributed by atoms with Crippen molar-refractivity contribution in [3.05, 3.63) is 18.0 Å². The van der Waals surface area contributed by atoms with Crippen LogP contribution in [0.5, 0.6) is 0 Å². The lowest BCUT2D eigenvalue weighted by atomic mass is 9.74. The van der Waals surface area contributed by atoms with Crippen LogP contribution in [0.2, 0.25) is 0 Å². The topological polar surface area (TPSA) is 46.9 Å². The molecule has 106 valence electrons. The van der Waals surface area contributed by atoms with Crippen LogP contribution in [-0.4, -0.2) is 21.7 Å². The molecule has 1 fully saturated rings. The van der Waals surface area contributed by atoms with Crippen molar-refractivity contribution in [3.8, 4) is 0 Å². The summed E-state index contributed by atoms with van der Waals surface area (Å²) in [6, 6.07) is 0.302. The summed E-state index contributed by atoms with van der Waals surface area (Å²) in [6.45, 7) is 6.79. The first-order valence-electron chi connectivity index (χ1n) is 7.27. The number of nitrogens with one attached hydrogen (secondary N) is 1. The third-order valence-corrected chi connectivity index (χ3v) is 4.31. The molecule has 1 heterocycles. The lowest BCUT2D eigenvalue weighted by Crippen LogP contribution is -2.45. The summed E-state index contributed by atoms with van der Waals surface area (Å²) in [4.78, 5) is 12.2. The van der Waals surface area contributed by atoms with Gasteiger partial charge in [-0.2, -0.15) is 5.10 Å². The van der Waals surface area contributed by atoms with E-state index in [1.54, 1.807) is 17.1 Å². The molecule has 1 aromatic heterocycles. The summed E-state index contributed by atoms with van der Waals surface area (Å²) < 4.78 is 1.67. The zero-order valence-corrected chi connectivity index (χ0v) is 12.4. The number of aryl methyl sites for hydroxylation is 1. The fraction of sp³-hybridized carbons (Fsp3) is 0.733. The highest BCUT2D eigenvalue weighted by atomic mass is 16.1. The fourth-order valence-electron chi connectivity index (χ4n) is 3.16. The molecule has 3 unspecified atom stereocenters. The number of amides is 1. The normalized spacial score (nSPS) is 27.5. The summed E-state index contributed by atoms with van der Waals surface area (Å²) in [5.41, 5.74) is 0.656. The number of hydrogen-bond donors (Lipinski definition) is 1. The minimum atomic E-state index is 0.0119. The molecule has 0 aromatic carbocycles. The maximum Gasteiger partial charge on any atom is 0.254 e. The maximum absolute atomic E-state index is 12.2. The Morgan fingerprint density at radius 1 is 1.47 bits per heavy atom. The van der Waals surface area contributed by atoms with Gasteiger partial charge in [-0.1, -0.05) is 27.2 Å². The van der Waals surface area contributed by atoms with E-state index in [-0.39, 0.29) is 5.91 Å². The second-order valence-electron chi connectivity index (χ2n) is 6.31. The largest absolute Gasteiger partial charge is 0.349 e. The van der Waals surface area contributed by atoms with Crippen LogP contribution in [0.15, 0.2) is 12.4 Å². The molecular weight excluding hydrogens is 238 g/mol. The Bertz CT molecular complexity index is 438. The number of carbonyl (C=O) groups excluding carboxylic acids is 1. The molecule has 0 saturated heterocycles. The summed E-state index contributed by atoms with van der Waals surface area (Å²) >= 11 is 0. The van der Waals surface area contributed by atoms with Crippen molar-refractivity contribution in [1.82, 2.24) is 15.1 Å². The van der Waals surface area contributed by atoms with Crippen LogP contribution in [0.3, 0.4) is 0 Å². The van der Waals surface area contributed by atoms with E-state index in [0.717, 1.165) is 6.42 Å². The molecule has 0 aliphatic heterocycles. The molecule has 1 N–H and O–H groups in total. The van der Waals surface area contributed by atoms with Crippen LogP contribution < -0.4 is 5.32 Å². The molecule has 0 radical (unpaired) electrons. The summed E-state index contributed by atoms with van der Waals surface area (Å²) in [6.07, 6.45) is 6.99. The second-order valence-corrected chi connectivity index (χ2v) is 6.31. The van der Waals surface area contributed by atoms with Gasteiger partial charge in [-0.3, -0.25) is 9.48 Å². The number of carbonyl (C=O) groups is 1. The molecular formula is C15H25N3O. The van der Waals surface area contributed by atoms with Crippen LogP contribution in [0.25, 0.3) is 0 Å². The third kappa shape index (κ3) is 3.37. The van der Waals surface area contributed by atoms with E-state index in [4.69, 9.17) is 0 Å². The molecule has 1 amide bonds. The van der Waals surface area contributed by atoms with E-state index in [0.29, 0.717) is 29.4 Å². The molecule has 0 spiro atoms. The zero-order valence-electron chi connectivity index (χ0n) is 12.4.